The molecule has 3 rings (SSSR count). The second-order valence-electron chi connectivity index (χ2n) is 6.18. The monoisotopic (exact) mass is 385 g/mol. The predicted molar refractivity (Wildman–Crippen MR) is 102 cm³/mol. The average Bonchev–Trinajstić information content (AvgIpc) is 2.69. The third-order valence-electron chi connectivity index (χ3n) is 4.13. The minimum absolute atomic E-state index is 0.187. The van der Waals surface area contributed by atoms with E-state index < -0.39 is 23.8 Å². The van der Waals surface area contributed by atoms with Crippen LogP contribution in [0.4, 0.5) is 18.9 Å². The van der Waals surface area contributed by atoms with Crippen molar-refractivity contribution in [1.82, 2.24) is 0 Å². The first-order valence-electron chi connectivity index (χ1n) is 8.64. The Bertz CT molecular complexity index is 938. The smallest absolute Gasteiger partial charge is 0.416 e. The summed E-state index contributed by atoms with van der Waals surface area (Å²) in [4.78, 5) is 12.5. The Morgan fingerprint density at radius 2 is 1.50 bits per heavy atom. The van der Waals surface area contributed by atoms with Crippen molar-refractivity contribution in [2.45, 2.75) is 19.2 Å². The molecule has 3 nitrogen and oxygen atoms in total. The van der Waals surface area contributed by atoms with E-state index in [-0.39, 0.29) is 5.75 Å². The number of carbonyl (C=O) groups excluding carboxylic acids is 1. The van der Waals surface area contributed by atoms with Gasteiger partial charge in [-0.2, -0.15) is 13.2 Å². The number of anilines is 1. The summed E-state index contributed by atoms with van der Waals surface area (Å²) in [5.41, 5.74) is 1.67. The molecule has 0 unspecified atom stereocenters. The van der Waals surface area contributed by atoms with Gasteiger partial charge in [-0.05, 0) is 42.8 Å². The summed E-state index contributed by atoms with van der Waals surface area (Å²) in [6, 6.07) is 21.2. The number of hydrogen-bond acceptors (Lipinski definition) is 2. The van der Waals surface area contributed by atoms with Crippen LogP contribution < -0.4 is 10.1 Å². The molecule has 3 aromatic carbocycles. The van der Waals surface area contributed by atoms with E-state index in [9.17, 15) is 18.0 Å². The van der Waals surface area contributed by atoms with E-state index in [1.807, 2.05) is 48.5 Å². The molecule has 0 saturated carbocycles. The van der Waals surface area contributed by atoms with Gasteiger partial charge in [-0.15, -0.1) is 0 Å². The largest absolute Gasteiger partial charge is 0.481 e. The molecule has 0 radical (unpaired) electrons. The lowest BCUT2D eigenvalue weighted by Crippen LogP contribution is -2.30. The summed E-state index contributed by atoms with van der Waals surface area (Å²) in [5.74, 6) is -0.213. The Morgan fingerprint density at radius 3 is 2.14 bits per heavy atom. The molecule has 1 N–H and O–H groups in total. The normalized spacial score (nSPS) is 12.3. The molecule has 0 spiro atoms. The summed E-state index contributed by atoms with van der Waals surface area (Å²) in [6.45, 7) is 1.54. The van der Waals surface area contributed by atoms with Crippen LogP contribution in [0.5, 0.6) is 5.75 Å². The Labute approximate surface area is 160 Å². The summed E-state index contributed by atoms with van der Waals surface area (Å²) in [5, 5.41) is 2.82. The summed E-state index contributed by atoms with van der Waals surface area (Å²) in [6.07, 6.45) is -5.30. The van der Waals surface area contributed by atoms with Gasteiger partial charge < -0.3 is 10.1 Å². The van der Waals surface area contributed by atoms with E-state index >= 15 is 0 Å². The van der Waals surface area contributed by atoms with Gasteiger partial charge in [-0.25, -0.2) is 0 Å². The molecule has 0 bridgehead atoms. The van der Waals surface area contributed by atoms with Crippen LogP contribution in [0.25, 0.3) is 11.1 Å². The van der Waals surface area contributed by atoms with Crippen molar-refractivity contribution in [3.63, 3.8) is 0 Å². The van der Waals surface area contributed by atoms with Gasteiger partial charge in [0.05, 0.1) is 5.56 Å². The van der Waals surface area contributed by atoms with Crippen LogP contribution in [-0.2, 0) is 11.0 Å². The number of para-hydroxylation sites is 1. The fourth-order valence-corrected chi connectivity index (χ4v) is 2.68. The molecule has 0 aliphatic rings. The first kappa shape index (κ1) is 19.5. The lowest BCUT2D eigenvalue weighted by molar-refractivity contribution is -0.137. The lowest BCUT2D eigenvalue weighted by Gasteiger charge is -2.17. The first-order valence-corrected chi connectivity index (χ1v) is 8.64. The third kappa shape index (κ3) is 4.71. The zero-order chi connectivity index (χ0) is 20.1. The Kier molecular flexibility index (Phi) is 5.68. The van der Waals surface area contributed by atoms with Gasteiger partial charge in [-0.1, -0.05) is 48.5 Å². The molecule has 0 aliphatic heterocycles. The average molecular weight is 385 g/mol. The SMILES string of the molecule is C[C@H](Oc1ccc(C(F)(F)F)cc1)C(=O)Nc1ccccc1-c1ccccc1. The van der Waals surface area contributed by atoms with Crippen molar-refractivity contribution in [2.75, 3.05) is 5.32 Å². The number of hydrogen-bond donors (Lipinski definition) is 1. The van der Waals surface area contributed by atoms with Crippen LogP contribution in [0.15, 0.2) is 78.9 Å². The molecule has 0 saturated heterocycles. The van der Waals surface area contributed by atoms with Crippen LogP contribution in [0.1, 0.15) is 12.5 Å². The molecule has 144 valence electrons. The van der Waals surface area contributed by atoms with Crippen molar-refractivity contribution < 1.29 is 22.7 Å². The molecular weight excluding hydrogens is 367 g/mol. The van der Waals surface area contributed by atoms with Gasteiger partial charge in [0, 0.05) is 11.3 Å². The molecule has 0 fully saturated rings. The number of benzene rings is 3. The summed E-state index contributed by atoms with van der Waals surface area (Å²) < 4.78 is 43.4. The van der Waals surface area contributed by atoms with Crippen molar-refractivity contribution in [2.24, 2.45) is 0 Å². The van der Waals surface area contributed by atoms with Crippen LogP contribution in [0, 0.1) is 0 Å². The van der Waals surface area contributed by atoms with E-state index in [0.29, 0.717) is 5.69 Å². The number of rotatable bonds is 5. The standard InChI is InChI=1S/C22H18F3NO2/c1-15(28-18-13-11-17(12-14-18)22(23,24)25)21(27)26-20-10-6-5-9-19(20)16-7-3-2-4-8-16/h2-15H,1H3,(H,26,27)/t15-/m0/s1. The number of ether oxygens (including phenoxy) is 1. The molecule has 1 amide bonds. The Morgan fingerprint density at radius 1 is 0.893 bits per heavy atom. The molecule has 1 atom stereocenters. The molecule has 0 aromatic heterocycles. The van der Waals surface area contributed by atoms with Crippen molar-refractivity contribution in [1.29, 1.82) is 0 Å². The number of halogens is 3. The third-order valence-corrected chi connectivity index (χ3v) is 4.13. The highest BCUT2D eigenvalue weighted by molar-refractivity contribution is 5.98. The molecular formula is C22H18F3NO2. The van der Waals surface area contributed by atoms with Gasteiger partial charge in [0.25, 0.3) is 5.91 Å². The van der Waals surface area contributed by atoms with Gasteiger partial charge in [0.2, 0.25) is 0 Å². The molecule has 28 heavy (non-hydrogen) atoms. The highest BCUT2D eigenvalue weighted by Gasteiger charge is 2.30. The van der Waals surface area contributed by atoms with E-state index in [1.54, 1.807) is 6.07 Å². The van der Waals surface area contributed by atoms with E-state index in [4.69, 9.17) is 4.74 Å². The van der Waals surface area contributed by atoms with Crippen molar-refractivity contribution in [3.05, 3.63) is 84.4 Å². The van der Waals surface area contributed by atoms with E-state index in [0.717, 1.165) is 23.3 Å². The van der Waals surface area contributed by atoms with Gasteiger partial charge in [0.1, 0.15) is 5.75 Å². The zero-order valence-electron chi connectivity index (χ0n) is 15.0. The van der Waals surface area contributed by atoms with Crippen LogP contribution in [-0.4, -0.2) is 12.0 Å². The molecule has 3 aromatic rings. The number of carbonyl (C=O) groups is 1. The molecule has 0 heterocycles. The number of amides is 1. The maximum absolute atomic E-state index is 12.6. The zero-order valence-corrected chi connectivity index (χ0v) is 15.0. The van der Waals surface area contributed by atoms with Crippen molar-refractivity contribution in [3.8, 4) is 16.9 Å². The van der Waals surface area contributed by atoms with Gasteiger partial charge >= 0.3 is 6.18 Å². The maximum Gasteiger partial charge on any atom is 0.416 e. The molecule has 6 heteroatoms. The van der Waals surface area contributed by atoms with Gasteiger partial charge in [-0.3, -0.25) is 4.79 Å². The summed E-state index contributed by atoms with van der Waals surface area (Å²) >= 11 is 0. The van der Waals surface area contributed by atoms with Crippen LogP contribution >= 0.6 is 0 Å². The Balaban J connectivity index is 1.70. The number of nitrogens with one attached hydrogen (secondary N) is 1. The number of alkyl halides is 3. The van der Waals surface area contributed by atoms with Crippen LogP contribution in [0.2, 0.25) is 0 Å². The fourth-order valence-electron chi connectivity index (χ4n) is 2.68. The Hall–Kier alpha value is -3.28. The quantitative estimate of drug-likeness (QED) is 0.605. The predicted octanol–water partition coefficient (Wildman–Crippen LogP) is 5.78. The highest BCUT2D eigenvalue weighted by atomic mass is 19.4. The maximum atomic E-state index is 12.6. The minimum atomic E-state index is -4.41. The van der Waals surface area contributed by atoms with Crippen LogP contribution in [0.3, 0.4) is 0 Å². The second-order valence-corrected chi connectivity index (χ2v) is 6.18. The fraction of sp³-hybridized carbons (Fsp3) is 0.136. The van der Waals surface area contributed by atoms with E-state index in [2.05, 4.69) is 5.32 Å². The lowest BCUT2D eigenvalue weighted by atomic mass is 10.0. The topological polar surface area (TPSA) is 38.3 Å². The van der Waals surface area contributed by atoms with Crippen molar-refractivity contribution >= 4 is 11.6 Å². The highest BCUT2D eigenvalue weighted by Crippen LogP contribution is 2.31. The first-order chi connectivity index (χ1) is 13.3. The minimum Gasteiger partial charge on any atom is -0.481 e. The molecule has 0 aliphatic carbocycles. The second kappa shape index (κ2) is 8.17. The summed E-state index contributed by atoms with van der Waals surface area (Å²) in [7, 11) is 0. The van der Waals surface area contributed by atoms with E-state index in [1.165, 1.54) is 19.1 Å². The van der Waals surface area contributed by atoms with Gasteiger partial charge in [0.15, 0.2) is 6.10 Å².